The van der Waals surface area contributed by atoms with E-state index in [0.29, 0.717) is 61.8 Å². The van der Waals surface area contributed by atoms with Gasteiger partial charge in [-0.05, 0) is 78.4 Å². The summed E-state index contributed by atoms with van der Waals surface area (Å²) >= 11 is 0. The number of halogens is 4. The van der Waals surface area contributed by atoms with E-state index in [0.717, 1.165) is 11.6 Å². The highest BCUT2D eigenvalue weighted by atomic mass is 19.4. The van der Waals surface area contributed by atoms with Crippen molar-refractivity contribution in [3.8, 4) is 11.1 Å². The van der Waals surface area contributed by atoms with Crippen molar-refractivity contribution < 1.29 is 31.5 Å². The molecule has 0 unspecified atom stereocenters. The van der Waals surface area contributed by atoms with Gasteiger partial charge in [-0.15, -0.1) is 0 Å². The third-order valence-electron chi connectivity index (χ3n) is 7.37. The monoisotopic (exact) mass is 596 g/mol. The molecule has 4 aromatic rings. The number of likely N-dealkylation sites (tertiary alicyclic amines) is 1. The molecule has 2 aromatic carbocycles. The molecule has 1 fully saturated rings. The van der Waals surface area contributed by atoms with E-state index in [2.05, 4.69) is 15.2 Å². The number of hydrogen-bond donors (Lipinski definition) is 2. The van der Waals surface area contributed by atoms with E-state index < -0.39 is 23.3 Å². The van der Waals surface area contributed by atoms with Gasteiger partial charge in [-0.1, -0.05) is 24.3 Å². The largest absolute Gasteiger partial charge is 0.459 e. The van der Waals surface area contributed by atoms with Crippen LogP contribution in [-0.4, -0.2) is 41.3 Å². The minimum absolute atomic E-state index is 0.0936. The normalized spacial score (nSPS) is 15.7. The first-order valence-corrected chi connectivity index (χ1v) is 13.8. The molecule has 3 heterocycles. The van der Waals surface area contributed by atoms with E-state index in [1.807, 2.05) is 12.1 Å². The first-order chi connectivity index (χ1) is 20.4. The fraction of sp³-hybridized carbons (Fsp3) is 0.312. The molecule has 0 radical (unpaired) electrons. The number of nitrogens with zero attached hydrogens (tertiary/aromatic N) is 2. The maximum atomic E-state index is 14.0. The SMILES string of the molecule is CC1(F)CCN(COCc2ccc(-c3cc(C(F)(F)F)c4oc(CNC(=O)/C=C/c5ccc(N)nc5)cc4c3)cc2)CC1. The molecule has 5 rings (SSSR count). The fourth-order valence-corrected chi connectivity index (χ4v) is 4.83. The average molecular weight is 597 g/mol. The molecular formula is C32H32F4N4O3. The third kappa shape index (κ3) is 7.99. The zero-order chi connectivity index (χ0) is 30.6. The van der Waals surface area contributed by atoms with Gasteiger partial charge in [0.25, 0.3) is 0 Å². The summed E-state index contributed by atoms with van der Waals surface area (Å²) in [5.41, 5.74) is 5.76. The van der Waals surface area contributed by atoms with Crippen LogP contribution in [-0.2, 0) is 28.9 Å². The molecule has 0 spiro atoms. The number of furan rings is 1. The Balaban J connectivity index is 1.24. The van der Waals surface area contributed by atoms with Crippen LogP contribution in [0.15, 0.2) is 71.3 Å². The number of anilines is 1. The average Bonchev–Trinajstić information content (AvgIpc) is 3.39. The van der Waals surface area contributed by atoms with Crippen molar-refractivity contribution in [2.24, 2.45) is 0 Å². The number of nitrogens with one attached hydrogen (secondary N) is 1. The number of hydrogen-bond acceptors (Lipinski definition) is 6. The van der Waals surface area contributed by atoms with Crippen LogP contribution in [0.4, 0.5) is 23.4 Å². The number of fused-ring (bicyclic) bond motifs is 1. The lowest BCUT2D eigenvalue weighted by atomic mass is 9.96. The summed E-state index contributed by atoms with van der Waals surface area (Å²) in [6.45, 7) is 3.53. The van der Waals surface area contributed by atoms with Crippen LogP contribution in [0.2, 0.25) is 0 Å². The molecule has 0 saturated carbocycles. The van der Waals surface area contributed by atoms with Crippen molar-refractivity contribution >= 4 is 28.8 Å². The number of ether oxygens (including phenoxy) is 1. The molecule has 11 heteroatoms. The molecule has 1 saturated heterocycles. The van der Waals surface area contributed by atoms with E-state index in [1.165, 1.54) is 18.3 Å². The molecule has 1 aliphatic heterocycles. The number of amides is 1. The molecular weight excluding hydrogens is 564 g/mol. The molecule has 7 nitrogen and oxygen atoms in total. The second-order valence-electron chi connectivity index (χ2n) is 10.9. The first kappa shape index (κ1) is 30.2. The zero-order valence-corrected chi connectivity index (χ0v) is 23.6. The van der Waals surface area contributed by atoms with E-state index in [4.69, 9.17) is 14.9 Å². The Morgan fingerprint density at radius 2 is 1.86 bits per heavy atom. The predicted octanol–water partition coefficient (Wildman–Crippen LogP) is 6.72. The van der Waals surface area contributed by atoms with Crippen molar-refractivity contribution in [1.82, 2.24) is 15.2 Å². The van der Waals surface area contributed by atoms with E-state index in [1.54, 1.807) is 43.3 Å². The lowest BCUT2D eigenvalue weighted by molar-refractivity contribution is -0.136. The van der Waals surface area contributed by atoms with Crippen molar-refractivity contribution in [2.45, 2.75) is 44.8 Å². The Labute approximate surface area is 246 Å². The van der Waals surface area contributed by atoms with Gasteiger partial charge in [0.15, 0.2) is 0 Å². The van der Waals surface area contributed by atoms with Gasteiger partial charge < -0.3 is 20.2 Å². The van der Waals surface area contributed by atoms with Gasteiger partial charge in [0.05, 0.1) is 25.4 Å². The Hall–Kier alpha value is -4.22. The number of piperidine rings is 1. The van der Waals surface area contributed by atoms with E-state index in [-0.39, 0.29) is 23.3 Å². The van der Waals surface area contributed by atoms with Crippen LogP contribution in [0.3, 0.4) is 0 Å². The van der Waals surface area contributed by atoms with Crippen LogP contribution in [0, 0.1) is 0 Å². The predicted molar refractivity (Wildman–Crippen MR) is 156 cm³/mol. The van der Waals surface area contributed by atoms with Gasteiger partial charge in [0.1, 0.15) is 22.8 Å². The lowest BCUT2D eigenvalue weighted by Crippen LogP contribution is -2.40. The second kappa shape index (κ2) is 12.6. The highest BCUT2D eigenvalue weighted by Gasteiger charge is 2.35. The standard InChI is InChI=1S/C32H32F4N4O3/c1-31(33)10-12-40(13-11-31)20-42-19-22-2-6-23(7-3-22)24-14-25-15-26(43-30(25)27(16-24)32(34,35)36)18-39-29(41)9-5-21-4-8-28(37)38-17-21/h2-9,14-17H,10-13,18-20H2,1H3,(H2,37,38)(H,39,41)/b9-5+. The molecule has 0 atom stereocenters. The smallest absolute Gasteiger partial charge is 0.420 e. The number of nitrogens with two attached hydrogens (primary N) is 1. The minimum atomic E-state index is -4.65. The summed E-state index contributed by atoms with van der Waals surface area (Å²) in [4.78, 5) is 18.2. The number of carbonyl (C=O) groups excluding carboxylic acids is 1. The Kier molecular flexibility index (Phi) is 8.84. The number of nitrogen functional groups attached to an aromatic ring is 1. The van der Waals surface area contributed by atoms with Crippen LogP contribution in [0.1, 0.15) is 42.2 Å². The number of carbonyl (C=O) groups is 1. The third-order valence-corrected chi connectivity index (χ3v) is 7.37. The topological polar surface area (TPSA) is 93.6 Å². The molecule has 2 aromatic heterocycles. The maximum absolute atomic E-state index is 14.0. The molecule has 1 aliphatic rings. The Morgan fingerprint density at radius 3 is 2.53 bits per heavy atom. The minimum Gasteiger partial charge on any atom is -0.459 e. The fourth-order valence-electron chi connectivity index (χ4n) is 4.83. The maximum Gasteiger partial charge on any atom is 0.420 e. The van der Waals surface area contributed by atoms with Crippen molar-refractivity contribution in [1.29, 1.82) is 0 Å². The van der Waals surface area contributed by atoms with E-state index >= 15 is 0 Å². The van der Waals surface area contributed by atoms with Gasteiger partial charge in [-0.3, -0.25) is 9.69 Å². The Morgan fingerprint density at radius 1 is 1.12 bits per heavy atom. The second-order valence-corrected chi connectivity index (χ2v) is 10.9. The summed E-state index contributed by atoms with van der Waals surface area (Å²) in [6, 6.07) is 14.6. The molecule has 0 aliphatic carbocycles. The highest BCUT2D eigenvalue weighted by molar-refractivity contribution is 5.92. The van der Waals surface area contributed by atoms with Crippen LogP contribution >= 0.6 is 0 Å². The van der Waals surface area contributed by atoms with E-state index in [9.17, 15) is 22.4 Å². The van der Waals surface area contributed by atoms with Gasteiger partial charge >= 0.3 is 6.18 Å². The zero-order valence-electron chi connectivity index (χ0n) is 23.6. The number of alkyl halides is 4. The summed E-state index contributed by atoms with van der Waals surface area (Å²) < 4.78 is 67.4. The highest BCUT2D eigenvalue weighted by Crippen LogP contribution is 2.39. The molecule has 43 heavy (non-hydrogen) atoms. The van der Waals surface area contributed by atoms with Crippen LogP contribution in [0.25, 0.3) is 28.2 Å². The molecule has 3 N–H and O–H groups in total. The number of rotatable bonds is 9. The summed E-state index contributed by atoms with van der Waals surface area (Å²) in [7, 11) is 0. The van der Waals surface area contributed by atoms with Crippen LogP contribution < -0.4 is 11.1 Å². The number of pyridine rings is 1. The van der Waals surface area contributed by atoms with Gasteiger partial charge in [-0.2, -0.15) is 13.2 Å². The van der Waals surface area contributed by atoms with Crippen molar-refractivity contribution in [2.75, 3.05) is 25.6 Å². The number of benzene rings is 2. The molecule has 1 amide bonds. The van der Waals surface area contributed by atoms with Gasteiger partial charge in [-0.25, -0.2) is 9.37 Å². The van der Waals surface area contributed by atoms with Gasteiger partial charge in [0, 0.05) is 30.7 Å². The lowest BCUT2D eigenvalue weighted by Gasteiger charge is -2.33. The van der Waals surface area contributed by atoms with Gasteiger partial charge in [0.2, 0.25) is 5.91 Å². The number of aromatic nitrogens is 1. The first-order valence-electron chi connectivity index (χ1n) is 13.8. The van der Waals surface area contributed by atoms with Crippen LogP contribution in [0.5, 0.6) is 0 Å². The summed E-state index contributed by atoms with van der Waals surface area (Å²) in [6.07, 6.45) is 0.646. The summed E-state index contributed by atoms with van der Waals surface area (Å²) in [5.74, 6) is 0.0930. The van der Waals surface area contributed by atoms with Crippen molar-refractivity contribution in [3.05, 3.63) is 89.3 Å². The Bertz CT molecular complexity index is 1590. The molecule has 0 bridgehead atoms. The van der Waals surface area contributed by atoms with Crippen molar-refractivity contribution in [3.63, 3.8) is 0 Å². The summed E-state index contributed by atoms with van der Waals surface area (Å²) in [5, 5.41) is 2.89. The quantitative estimate of drug-likeness (QED) is 0.165. The molecule has 226 valence electrons.